The summed E-state index contributed by atoms with van der Waals surface area (Å²) in [5.74, 6) is 0.235. The maximum Gasteiger partial charge on any atom is 0.256 e. The standard InChI is InChI=1S/C13H19BrN2O2/c1-8(2)4-10(14)6-16-13(18)11-7-15-9(3)5-12(11)17/h5,7-8,10H,4,6H2,1-3H3,(H,15,17)(H,16,18). The predicted molar refractivity (Wildman–Crippen MR) is 76.3 cm³/mol. The Morgan fingerprint density at radius 2 is 2.17 bits per heavy atom. The Hall–Kier alpha value is -1.10. The zero-order valence-corrected chi connectivity index (χ0v) is 12.5. The predicted octanol–water partition coefficient (Wildman–Crippen LogP) is 2.22. The van der Waals surface area contributed by atoms with Crippen LogP contribution in [0.4, 0.5) is 0 Å². The first-order chi connectivity index (χ1) is 8.40. The van der Waals surface area contributed by atoms with Crippen molar-refractivity contribution < 1.29 is 4.79 Å². The number of pyridine rings is 1. The van der Waals surface area contributed by atoms with Crippen molar-refractivity contribution >= 4 is 21.8 Å². The van der Waals surface area contributed by atoms with E-state index in [-0.39, 0.29) is 21.7 Å². The molecule has 0 aromatic carbocycles. The number of carbonyl (C=O) groups excluding carboxylic acids is 1. The molecule has 4 nitrogen and oxygen atoms in total. The molecule has 0 saturated carbocycles. The summed E-state index contributed by atoms with van der Waals surface area (Å²) in [5, 5.41) is 2.76. The Morgan fingerprint density at radius 3 is 2.72 bits per heavy atom. The highest BCUT2D eigenvalue weighted by Crippen LogP contribution is 2.11. The van der Waals surface area contributed by atoms with E-state index in [1.165, 1.54) is 12.3 Å². The number of carbonyl (C=O) groups is 1. The third-order valence-corrected chi connectivity index (χ3v) is 3.21. The van der Waals surface area contributed by atoms with Crippen LogP contribution in [0.2, 0.25) is 0 Å². The van der Waals surface area contributed by atoms with Gasteiger partial charge >= 0.3 is 0 Å². The number of amides is 1. The van der Waals surface area contributed by atoms with Gasteiger partial charge in [-0.15, -0.1) is 0 Å². The number of hydrogen-bond donors (Lipinski definition) is 2. The second-order valence-corrected chi connectivity index (χ2v) is 6.13. The summed E-state index contributed by atoms with van der Waals surface area (Å²) in [6.45, 7) is 6.55. The molecule has 0 radical (unpaired) electrons. The zero-order chi connectivity index (χ0) is 13.7. The number of H-pyrrole nitrogens is 1. The van der Waals surface area contributed by atoms with Crippen molar-refractivity contribution in [2.45, 2.75) is 32.0 Å². The minimum Gasteiger partial charge on any atom is -0.364 e. The molecule has 18 heavy (non-hydrogen) atoms. The minimum atomic E-state index is -0.329. The van der Waals surface area contributed by atoms with E-state index in [9.17, 15) is 9.59 Å². The van der Waals surface area contributed by atoms with E-state index < -0.39 is 0 Å². The number of aromatic nitrogens is 1. The highest BCUT2D eigenvalue weighted by Gasteiger charge is 2.12. The first-order valence-corrected chi connectivity index (χ1v) is 6.93. The number of aromatic amines is 1. The van der Waals surface area contributed by atoms with Crippen LogP contribution in [-0.4, -0.2) is 22.3 Å². The third kappa shape index (κ3) is 4.64. The fourth-order valence-electron chi connectivity index (χ4n) is 1.64. The Labute approximate surface area is 115 Å². The lowest BCUT2D eigenvalue weighted by Gasteiger charge is -2.13. The molecule has 0 bridgehead atoms. The topological polar surface area (TPSA) is 62.0 Å². The van der Waals surface area contributed by atoms with E-state index in [2.05, 4.69) is 40.1 Å². The fourth-order valence-corrected chi connectivity index (χ4v) is 2.55. The maximum atomic E-state index is 11.8. The van der Waals surface area contributed by atoms with Gasteiger partial charge in [0.15, 0.2) is 5.43 Å². The molecule has 100 valence electrons. The van der Waals surface area contributed by atoms with E-state index in [0.29, 0.717) is 12.5 Å². The van der Waals surface area contributed by atoms with Crippen molar-refractivity contribution in [2.24, 2.45) is 5.92 Å². The largest absolute Gasteiger partial charge is 0.364 e. The summed E-state index contributed by atoms with van der Waals surface area (Å²) in [5.41, 5.74) is 0.651. The number of aryl methyl sites for hydroxylation is 1. The molecule has 0 saturated heterocycles. The van der Waals surface area contributed by atoms with E-state index >= 15 is 0 Å². The molecule has 2 N–H and O–H groups in total. The highest BCUT2D eigenvalue weighted by molar-refractivity contribution is 9.09. The first-order valence-electron chi connectivity index (χ1n) is 6.01. The van der Waals surface area contributed by atoms with Crippen LogP contribution in [0.3, 0.4) is 0 Å². The molecular formula is C13H19BrN2O2. The number of halogens is 1. The van der Waals surface area contributed by atoms with Crippen LogP contribution >= 0.6 is 15.9 Å². The van der Waals surface area contributed by atoms with Gasteiger partial charge in [-0.3, -0.25) is 9.59 Å². The summed E-state index contributed by atoms with van der Waals surface area (Å²) in [6, 6.07) is 1.43. The van der Waals surface area contributed by atoms with Crippen molar-refractivity contribution in [1.29, 1.82) is 0 Å². The Morgan fingerprint density at radius 1 is 1.50 bits per heavy atom. The fraction of sp³-hybridized carbons (Fsp3) is 0.538. The van der Waals surface area contributed by atoms with Crippen molar-refractivity contribution in [3.63, 3.8) is 0 Å². The summed E-state index contributed by atoms with van der Waals surface area (Å²) in [4.78, 5) is 26.5. The van der Waals surface area contributed by atoms with Crippen molar-refractivity contribution in [2.75, 3.05) is 6.54 Å². The van der Waals surface area contributed by atoms with Crippen LogP contribution in [0, 0.1) is 12.8 Å². The molecular weight excluding hydrogens is 296 g/mol. The van der Waals surface area contributed by atoms with Gasteiger partial charge in [-0.2, -0.15) is 0 Å². The van der Waals surface area contributed by atoms with Crippen molar-refractivity contribution in [3.05, 3.63) is 33.7 Å². The maximum absolute atomic E-state index is 11.8. The third-order valence-electron chi connectivity index (χ3n) is 2.51. The molecule has 1 aromatic heterocycles. The van der Waals surface area contributed by atoms with Gasteiger partial charge in [-0.25, -0.2) is 0 Å². The molecule has 0 spiro atoms. The normalized spacial score (nSPS) is 12.5. The lowest BCUT2D eigenvalue weighted by atomic mass is 10.1. The molecule has 1 heterocycles. The summed E-state index contributed by atoms with van der Waals surface area (Å²) in [7, 11) is 0. The molecule has 1 atom stereocenters. The lowest BCUT2D eigenvalue weighted by Crippen LogP contribution is -2.33. The molecule has 1 aromatic rings. The van der Waals surface area contributed by atoms with Gasteiger partial charge in [-0.05, 0) is 19.3 Å². The number of hydrogen-bond acceptors (Lipinski definition) is 2. The SMILES string of the molecule is Cc1cc(=O)c(C(=O)NCC(Br)CC(C)C)c[nH]1. The van der Waals surface area contributed by atoms with E-state index in [4.69, 9.17) is 0 Å². The van der Waals surface area contributed by atoms with Crippen LogP contribution in [0.25, 0.3) is 0 Å². The van der Waals surface area contributed by atoms with Gasteiger partial charge in [0.25, 0.3) is 5.91 Å². The molecule has 1 amide bonds. The molecule has 0 aliphatic rings. The highest BCUT2D eigenvalue weighted by atomic mass is 79.9. The number of rotatable bonds is 5. The van der Waals surface area contributed by atoms with E-state index in [1.807, 2.05) is 0 Å². The lowest BCUT2D eigenvalue weighted by molar-refractivity contribution is 0.0952. The minimum absolute atomic E-state index is 0.157. The summed E-state index contributed by atoms with van der Waals surface area (Å²) < 4.78 is 0. The van der Waals surface area contributed by atoms with Crippen molar-refractivity contribution in [1.82, 2.24) is 10.3 Å². The summed E-state index contributed by atoms with van der Waals surface area (Å²) >= 11 is 3.51. The van der Waals surface area contributed by atoms with Crippen LogP contribution < -0.4 is 10.7 Å². The Kier molecular flexibility index (Phi) is 5.59. The van der Waals surface area contributed by atoms with Crippen LogP contribution in [0.1, 0.15) is 36.3 Å². The Balaban J connectivity index is 2.58. The van der Waals surface area contributed by atoms with Gasteiger partial charge in [0.05, 0.1) is 0 Å². The van der Waals surface area contributed by atoms with Gasteiger partial charge in [0, 0.05) is 29.3 Å². The van der Waals surface area contributed by atoms with Crippen LogP contribution in [0.15, 0.2) is 17.1 Å². The number of nitrogens with one attached hydrogen (secondary N) is 2. The zero-order valence-electron chi connectivity index (χ0n) is 10.9. The average molecular weight is 315 g/mol. The van der Waals surface area contributed by atoms with Gasteiger partial charge in [-0.1, -0.05) is 29.8 Å². The molecule has 0 aliphatic heterocycles. The van der Waals surface area contributed by atoms with Gasteiger partial charge in [0.2, 0.25) is 0 Å². The summed E-state index contributed by atoms with van der Waals surface area (Å²) in [6.07, 6.45) is 2.43. The van der Waals surface area contributed by atoms with E-state index in [0.717, 1.165) is 12.1 Å². The van der Waals surface area contributed by atoms with Crippen LogP contribution in [0.5, 0.6) is 0 Å². The monoisotopic (exact) mass is 314 g/mol. The van der Waals surface area contributed by atoms with E-state index in [1.54, 1.807) is 6.92 Å². The second kappa shape index (κ2) is 6.73. The first kappa shape index (κ1) is 15.0. The second-order valence-electron chi connectivity index (χ2n) is 4.83. The Bertz CT molecular complexity index is 468. The van der Waals surface area contributed by atoms with Gasteiger partial charge in [0.1, 0.15) is 5.56 Å². The average Bonchev–Trinajstić information content (AvgIpc) is 2.25. The molecule has 0 fully saturated rings. The molecule has 0 aliphatic carbocycles. The molecule has 1 unspecified atom stereocenters. The molecule has 1 rings (SSSR count). The smallest absolute Gasteiger partial charge is 0.256 e. The molecule has 5 heteroatoms. The van der Waals surface area contributed by atoms with Crippen molar-refractivity contribution in [3.8, 4) is 0 Å². The van der Waals surface area contributed by atoms with Gasteiger partial charge < -0.3 is 10.3 Å². The van der Waals surface area contributed by atoms with Crippen LogP contribution in [-0.2, 0) is 0 Å². The quantitative estimate of drug-likeness (QED) is 0.819. The number of alkyl halides is 1.